The molecule has 0 aliphatic carbocycles. The lowest BCUT2D eigenvalue weighted by molar-refractivity contribution is 0.313. The molecule has 0 radical (unpaired) electrons. The topological polar surface area (TPSA) is 56.9 Å². The van der Waals surface area contributed by atoms with Crippen LogP contribution in [0.4, 0.5) is 11.4 Å². The molecule has 138 valence electrons. The summed E-state index contributed by atoms with van der Waals surface area (Å²) < 4.78 is 5.29. The van der Waals surface area contributed by atoms with Crippen LogP contribution in [-0.2, 0) is 0 Å². The highest BCUT2D eigenvalue weighted by Gasteiger charge is 2.13. The van der Waals surface area contributed by atoms with Crippen molar-refractivity contribution >= 4 is 17.6 Å². The molecule has 0 amide bonds. The van der Waals surface area contributed by atoms with Crippen LogP contribution in [0.3, 0.4) is 0 Å². The largest absolute Gasteiger partial charge is 0.444 e. The Kier molecular flexibility index (Phi) is 5.16. The van der Waals surface area contributed by atoms with E-state index in [1.54, 1.807) is 6.20 Å². The van der Waals surface area contributed by atoms with Gasteiger partial charge in [0.25, 0.3) is 0 Å². The lowest BCUT2D eigenvalue weighted by Gasteiger charge is -2.34. The number of nitrogens with one attached hydrogen (secondary N) is 1. The number of anilines is 2. The van der Waals surface area contributed by atoms with Crippen molar-refractivity contribution in [3.63, 3.8) is 0 Å². The highest BCUT2D eigenvalue weighted by atomic mass is 16.3. The van der Waals surface area contributed by atoms with Gasteiger partial charge in [-0.15, -0.1) is 0 Å². The zero-order valence-corrected chi connectivity index (χ0v) is 15.4. The molecule has 1 aliphatic rings. The Morgan fingerprint density at radius 3 is 2.41 bits per heavy atom. The summed E-state index contributed by atoms with van der Waals surface area (Å²) in [5.41, 5.74) is 7.31. The van der Waals surface area contributed by atoms with Crippen LogP contribution in [0, 0.1) is 0 Å². The van der Waals surface area contributed by atoms with Crippen molar-refractivity contribution in [3.05, 3.63) is 66.7 Å². The minimum Gasteiger partial charge on any atom is -0.444 e. The molecule has 2 heterocycles. The Hall–Kier alpha value is -3.12. The molecule has 4 rings (SSSR count). The second-order valence-electron chi connectivity index (χ2n) is 6.69. The summed E-state index contributed by atoms with van der Waals surface area (Å²) in [4.78, 5) is 8.72. The molecule has 3 aromatic rings. The molecular weight excluding hydrogens is 338 g/mol. The highest BCUT2D eigenvalue weighted by molar-refractivity contribution is 5.81. The second-order valence-corrected chi connectivity index (χ2v) is 6.69. The van der Waals surface area contributed by atoms with E-state index in [9.17, 15) is 0 Å². The van der Waals surface area contributed by atoms with Gasteiger partial charge in [-0.25, -0.2) is 4.98 Å². The van der Waals surface area contributed by atoms with Gasteiger partial charge in [-0.2, -0.15) is 5.10 Å². The molecular formula is C21H23N5O. The first-order valence-electron chi connectivity index (χ1n) is 9.09. The van der Waals surface area contributed by atoms with Crippen molar-refractivity contribution in [2.45, 2.75) is 0 Å². The van der Waals surface area contributed by atoms with E-state index < -0.39 is 0 Å². The third-order valence-electron chi connectivity index (χ3n) is 4.77. The molecule has 6 heteroatoms. The Labute approximate surface area is 159 Å². The maximum atomic E-state index is 5.29. The van der Waals surface area contributed by atoms with Gasteiger partial charge in [0.15, 0.2) is 12.2 Å². The number of hydrogen-bond donors (Lipinski definition) is 1. The third-order valence-corrected chi connectivity index (χ3v) is 4.77. The van der Waals surface area contributed by atoms with Crippen molar-refractivity contribution in [1.29, 1.82) is 0 Å². The van der Waals surface area contributed by atoms with E-state index in [0.29, 0.717) is 0 Å². The second kappa shape index (κ2) is 8.05. The number of aromatic nitrogens is 1. The Balaban J connectivity index is 1.33. The number of piperazine rings is 1. The smallest absolute Gasteiger partial charge is 0.181 e. The third kappa shape index (κ3) is 4.35. The fraction of sp³-hybridized carbons (Fsp3) is 0.238. The summed E-state index contributed by atoms with van der Waals surface area (Å²) in [5, 5.41) is 4.33. The molecule has 27 heavy (non-hydrogen) atoms. The first kappa shape index (κ1) is 17.3. The molecule has 1 fully saturated rings. The highest BCUT2D eigenvalue weighted by Crippen LogP contribution is 2.21. The average Bonchev–Trinajstić information content (AvgIpc) is 3.25. The van der Waals surface area contributed by atoms with Gasteiger partial charge < -0.3 is 14.2 Å². The van der Waals surface area contributed by atoms with E-state index in [1.165, 1.54) is 12.1 Å². The van der Waals surface area contributed by atoms with Crippen LogP contribution < -0.4 is 10.3 Å². The first-order chi connectivity index (χ1) is 13.3. The molecule has 0 saturated carbocycles. The predicted octanol–water partition coefficient (Wildman–Crippen LogP) is 3.54. The van der Waals surface area contributed by atoms with Crippen LogP contribution >= 0.6 is 0 Å². The molecule has 0 spiro atoms. The van der Waals surface area contributed by atoms with Crippen molar-refractivity contribution in [2.75, 3.05) is 43.6 Å². The quantitative estimate of drug-likeness (QED) is 0.556. The summed E-state index contributed by atoms with van der Waals surface area (Å²) in [7, 11) is 2.17. The zero-order valence-electron chi connectivity index (χ0n) is 15.4. The van der Waals surface area contributed by atoms with Crippen molar-refractivity contribution in [3.8, 4) is 11.3 Å². The van der Waals surface area contributed by atoms with Crippen LogP contribution in [0.15, 0.2) is 70.6 Å². The Bertz CT molecular complexity index is 864. The summed E-state index contributed by atoms with van der Waals surface area (Å²) in [5.74, 6) is 0.755. The number of hydrogen-bond acceptors (Lipinski definition) is 6. The van der Waals surface area contributed by atoms with Gasteiger partial charge in [-0.3, -0.25) is 5.43 Å². The maximum Gasteiger partial charge on any atom is 0.181 e. The summed E-state index contributed by atoms with van der Waals surface area (Å²) in [6, 6.07) is 16.4. The van der Waals surface area contributed by atoms with Crippen LogP contribution in [0.5, 0.6) is 0 Å². The fourth-order valence-corrected chi connectivity index (χ4v) is 3.08. The summed E-state index contributed by atoms with van der Waals surface area (Å²) in [6.07, 6.45) is 4.96. The lowest BCUT2D eigenvalue weighted by Crippen LogP contribution is -2.44. The van der Waals surface area contributed by atoms with Gasteiger partial charge in [0.1, 0.15) is 0 Å². The molecule has 6 nitrogen and oxygen atoms in total. The minimum absolute atomic E-state index is 0.755. The van der Waals surface area contributed by atoms with Gasteiger partial charge >= 0.3 is 0 Å². The maximum absolute atomic E-state index is 5.29. The standard InChI is InChI=1S/C21H23N5O/c1-25-10-12-26(13-11-25)20-8-2-17(3-9-20)14-23-24-19-6-4-18(5-7-19)21-15-22-16-27-21/h2-9,14-16,24H,10-13H2,1H3. The van der Waals surface area contributed by atoms with Crippen molar-refractivity contribution in [2.24, 2.45) is 5.10 Å². The van der Waals surface area contributed by atoms with E-state index in [0.717, 1.165) is 48.8 Å². The van der Waals surface area contributed by atoms with E-state index in [4.69, 9.17) is 4.42 Å². The predicted molar refractivity (Wildman–Crippen MR) is 109 cm³/mol. The van der Waals surface area contributed by atoms with Crippen molar-refractivity contribution in [1.82, 2.24) is 9.88 Å². The molecule has 2 aromatic carbocycles. The first-order valence-corrected chi connectivity index (χ1v) is 9.09. The van der Waals surface area contributed by atoms with Crippen LogP contribution in [0.1, 0.15) is 5.56 Å². The number of benzene rings is 2. The average molecular weight is 361 g/mol. The van der Waals surface area contributed by atoms with Crippen LogP contribution in [-0.4, -0.2) is 49.3 Å². The molecule has 1 aromatic heterocycles. The minimum atomic E-state index is 0.755. The zero-order chi connectivity index (χ0) is 18.5. The molecule has 1 aliphatic heterocycles. The Morgan fingerprint density at radius 2 is 1.74 bits per heavy atom. The van der Waals surface area contributed by atoms with Crippen LogP contribution in [0.25, 0.3) is 11.3 Å². The Morgan fingerprint density at radius 1 is 1.00 bits per heavy atom. The van der Waals surface area contributed by atoms with Crippen molar-refractivity contribution < 1.29 is 4.42 Å². The fourth-order valence-electron chi connectivity index (χ4n) is 3.08. The van der Waals surface area contributed by atoms with E-state index >= 15 is 0 Å². The normalized spacial score (nSPS) is 15.4. The van der Waals surface area contributed by atoms with Crippen LogP contribution in [0.2, 0.25) is 0 Å². The van der Waals surface area contributed by atoms with Gasteiger partial charge in [0, 0.05) is 37.4 Å². The number of oxazole rings is 1. The monoisotopic (exact) mass is 361 g/mol. The number of likely N-dealkylation sites (N-methyl/N-ethyl adjacent to an activating group) is 1. The summed E-state index contributed by atoms with van der Waals surface area (Å²) >= 11 is 0. The van der Waals surface area contributed by atoms with E-state index in [-0.39, 0.29) is 0 Å². The van der Waals surface area contributed by atoms with Gasteiger partial charge in [0.05, 0.1) is 18.1 Å². The SMILES string of the molecule is CN1CCN(c2ccc(C=NNc3ccc(-c4cnco4)cc3)cc2)CC1. The summed E-state index contributed by atoms with van der Waals surface area (Å²) in [6.45, 7) is 4.38. The number of nitrogens with zero attached hydrogens (tertiary/aromatic N) is 4. The van der Waals surface area contributed by atoms with Gasteiger partial charge in [-0.05, 0) is 49.0 Å². The van der Waals surface area contributed by atoms with E-state index in [1.807, 2.05) is 30.5 Å². The van der Waals surface area contributed by atoms with Gasteiger partial charge in [0.2, 0.25) is 0 Å². The molecule has 1 saturated heterocycles. The van der Waals surface area contributed by atoms with E-state index in [2.05, 4.69) is 56.6 Å². The lowest BCUT2D eigenvalue weighted by atomic mass is 10.2. The number of rotatable bonds is 5. The molecule has 0 unspecified atom stereocenters. The molecule has 0 atom stereocenters. The molecule has 0 bridgehead atoms. The van der Waals surface area contributed by atoms with Gasteiger partial charge in [-0.1, -0.05) is 12.1 Å². The molecule has 1 N–H and O–H groups in total. The number of hydrazone groups is 1.